The minimum absolute atomic E-state index is 0.00345. The van der Waals surface area contributed by atoms with E-state index < -0.39 is 5.91 Å². The molecule has 0 aromatic heterocycles. The van der Waals surface area contributed by atoms with E-state index in [4.69, 9.17) is 5.73 Å². The van der Waals surface area contributed by atoms with E-state index in [1.807, 2.05) is 13.0 Å². The summed E-state index contributed by atoms with van der Waals surface area (Å²) >= 11 is 0. The van der Waals surface area contributed by atoms with Gasteiger partial charge in [-0.25, -0.2) is 4.39 Å². The van der Waals surface area contributed by atoms with Crippen molar-refractivity contribution in [3.8, 4) is 0 Å². The molecule has 0 fully saturated rings. The summed E-state index contributed by atoms with van der Waals surface area (Å²) in [6, 6.07) is 4.96. The van der Waals surface area contributed by atoms with Crippen LogP contribution in [0.5, 0.6) is 0 Å². The van der Waals surface area contributed by atoms with Crippen molar-refractivity contribution in [3.05, 3.63) is 29.6 Å². The third kappa shape index (κ3) is 4.03. The van der Waals surface area contributed by atoms with Crippen LogP contribution in [0.1, 0.15) is 12.5 Å². The number of carbonyl (C=O) groups is 1. The smallest absolute Gasteiger partial charge is 0.236 e. The van der Waals surface area contributed by atoms with Crippen LogP contribution in [0.15, 0.2) is 18.2 Å². The number of anilines is 1. The summed E-state index contributed by atoms with van der Waals surface area (Å²) in [5.74, 6) is -0.826. The fraction of sp³-hybridized carbons (Fsp3) is 0.417. The molecule has 0 bridgehead atoms. The van der Waals surface area contributed by atoms with Gasteiger partial charge in [-0.2, -0.15) is 0 Å². The van der Waals surface area contributed by atoms with Gasteiger partial charge in [0.1, 0.15) is 5.82 Å². The zero-order chi connectivity index (χ0) is 12.8. The van der Waals surface area contributed by atoms with Crippen molar-refractivity contribution in [2.24, 2.45) is 5.73 Å². The van der Waals surface area contributed by atoms with Crippen molar-refractivity contribution in [1.29, 1.82) is 0 Å². The molecule has 94 valence electrons. The van der Waals surface area contributed by atoms with Gasteiger partial charge in [0.2, 0.25) is 5.91 Å². The van der Waals surface area contributed by atoms with Gasteiger partial charge in [0.05, 0.1) is 12.2 Å². The number of nitrogens with one attached hydrogen (secondary N) is 1. The van der Waals surface area contributed by atoms with E-state index in [0.29, 0.717) is 12.2 Å². The van der Waals surface area contributed by atoms with Crippen LogP contribution in [0.2, 0.25) is 0 Å². The molecule has 0 saturated heterocycles. The van der Waals surface area contributed by atoms with E-state index >= 15 is 0 Å². The second-order valence-electron chi connectivity index (χ2n) is 3.89. The monoisotopic (exact) mass is 239 g/mol. The van der Waals surface area contributed by atoms with Crippen LogP contribution < -0.4 is 16.0 Å². The summed E-state index contributed by atoms with van der Waals surface area (Å²) in [4.78, 5) is 12.2. The molecule has 1 rings (SSSR count). The lowest BCUT2D eigenvalue weighted by Gasteiger charge is -2.18. The van der Waals surface area contributed by atoms with Crippen molar-refractivity contribution >= 4 is 11.6 Å². The van der Waals surface area contributed by atoms with Crippen molar-refractivity contribution in [2.45, 2.75) is 13.5 Å². The number of carbonyl (C=O) groups excluding carboxylic acids is 1. The van der Waals surface area contributed by atoms with Gasteiger partial charge in [0.25, 0.3) is 0 Å². The van der Waals surface area contributed by atoms with Crippen LogP contribution in [-0.2, 0) is 11.3 Å². The summed E-state index contributed by atoms with van der Waals surface area (Å²) in [5.41, 5.74) is 6.32. The molecule has 3 N–H and O–H groups in total. The maximum Gasteiger partial charge on any atom is 0.236 e. The summed E-state index contributed by atoms with van der Waals surface area (Å²) in [5, 5.41) is 3.12. The third-order valence-corrected chi connectivity index (χ3v) is 2.40. The fourth-order valence-corrected chi connectivity index (χ4v) is 1.56. The van der Waals surface area contributed by atoms with E-state index in [9.17, 15) is 9.18 Å². The average Bonchev–Trinajstić information content (AvgIpc) is 2.25. The van der Waals surface area contributed by atoms with Crippen LogP contribution in [0, 0.1) is 5.82 Å². The maximum atomic E-state index is 13.8. The lowest BCUT2D eigenvalue weighted by Crippen LogP contribution is -2.31. The predicted octanol–water partition coefficient (Wildman–Crippen LogP) is 0.857. The Morgan fingerprint density at radius 1 is 1.53 bits per heavy atom. The molecule has 1 aromatic rings. The Hall–Kier alpha value is -1.62. The number of rotatable bonds is 6. The SMILES string of the molecule is CCNCc1ccc(N(C)CC(N)=O)c(F)c1. The van der Waals surface area contributed by atoms with Crippen LogP contribution in [0.3, 0.4) is 0 Å². The van der Waals surface area contributed by atoms with E-state index in [2.05, 4.69) is 5.32 Å². The number of halogens is 1. The van der Waals surface area contributed by atoms with Gasteiger partial charge in [-0.3, -0.25) is 4.79 Å². The minimum Gasteiger partial charge on any atom is -0.368 e. The first-order valence-electron chi connectivity index (χ1n) is 5.53. The topological polar surface area (TPSA) is 58.4 Å². The highest BCUT2D eigenvalue weighted by Gasteiger charge is 2.10. The lowest BCUT2D eigenvalue weighted by atomic mass is 10.2. The number of primary amides is 1. The van der Waals surface area contributed by atoms with Crippen molar-refractivity contribution in [2.75, 3.05) is 25.0 Å². The van der Waals surface area contributed by atoms with Crippen molar-refractivity contribution in [1.82, 2.24) is 5.32 Å². The number of amides is 1. The van der Waals surface area contributed by atoms with Gasteiger partial charge in [-0.15, -0.1) is 0 Å². The average molecular weight is 239 g/mol. The molecule has 0 unspecified atom stereocenters. The minimum atomic E-state index is -0.483. The van der Waals surface area contributed by atoms with E-state index in [-0.39, 0.29) is 12.4 Å². The summed E-state index contributed by atoms with van der Waals surface area (Å²) in [6.45, 7) is 3.47. The first-order valence-corrected chi connectivity index (χ1v) is 5.53. The van der Waals surface area contributed by atoms with Crippen LogP contribution >= 0.6 is 0 Å². The molecule has 0 saturated carbocycles. The molecule has 0 spiro atoms. The first-order chi connectivity index (χ1) is 8.04. The highest BCUT2D eigenvalue weighted by molar-refractivity contribution is 5.79. The lowest BCUT2D eigenvalue weighted by molar-refractivity contribution is -0.116. The van der Waals surface area contributed by atoms with Crippen molar-refractivity contribution in [3.63, 3.8) is 0 Å². The van der Waals surface area contributed by atoms with E-state index in [1.165, 1.54) is 11.0 Å². The van der Waals surface area contributed by atoms with E-state index in [1.54, 1.807) is 13.1 Å². The Morgan fingerprint density at radius 3 is 2.76 bits per heavy atom. The molecule has 0 heterocycles. The molecule has 1 amide bonds. The van der Waals surface area contributed by atoms with Gasteiger partial charge in [0.15, 0.2) is 0 Å². The van der Waals surface area contributed by atoms with Crippen LogP contribution in [0.4, 0.5) is 10.1 Å². The largest absolute Gasteiger partial charge is 0.368 e. The quantitative estimate of drug-likeness (QED) is 0.774. The van der Waals surface area contributed by atoms with Gasteiger partial charge in [0, 0.05) is 13.6 Å². The zero-order valence-corrected chi connectivity index (χ0v) is 10.2. The molecule has 0 aliphatic rings. The highest BCUT2D eigenvalue weighted by atomic mass is 19.1. The molecule has 0 radical (unpaired) electrons. The predicted molar refractivity (Wildman–Crippen MR) is 66.2 cm³/mol. The molecule has 0 aliphatic carbocycles. The molecule has 1 aromatic carbocycles. The third-order valence-electron chi connectivity index (χ3n) is 2.40. The van der Waals surface area contributed by atoms with Gasteiger partial charge >= 0.3 is 0 Å². The van der Waals surface area contributed by atoms with Crippen LogP contribution in [0.25, 0.3) is 0 Å². The summed E-state index contributed by atoms with van der Waals surface area (Å²) in [7, 11) is 1.63. The van der Waals surface area contributed by atoms with Gasteiger partial charge in [-0.05, 0) is 24.2 Å². The normalized spacial score (nSPS) is 10.3. The van der Waals surface area contributed by atoms with Crippen LogP contribution in [-0.4, -0.2) is 26.0 Å². The molecule has 0 atom stereocenters. The highest BCUT2D eigenvalue weighted by Crippen LogP contribution is 2.19. The van der Waals surface area contributed by atoms with Gasteiger partial charge in [-0.1, -0.05) is 13.0 Å². The Labute approximate surface area is 101 Å². The summed E-state index contributed by atoms with van der Waals surface area (Å²) in [6.07, 6.45) is 0. The molecular weight excluding hydrogens is 221 g/mol. The van der Waals surface area contributed by atoms with E-state index in [0.717, 1.165) is 12.1 Å². The number of benzene rings is 1. The molecular formula is C12H18FN3O. The Morgan fingerprint density at radius 2 is 2.24 bits per heavy atom. The Bertz CT molecular complexity index is 395. The summed E-state index contributed by atoms with van der Waals surface area (Å²) < 4.78 is 13.8. The maximum absolute atomic E-state index is 13.8. The number of nitrogens with zero attached hydrogens (tertiary/aromatic N) is 1. The standard InChI is InChI=1S/C12H18FN3O/c1-3-15-7-9-4-5-11(10(13)6-9)16(2)8-12(14)17/h4-6,15H,3,7-8H2,1-2H3,(H2,14,17). The van der Waals surface area contributed by atoms with Crippen molar-refractivity contribution < 1.29 is 9.18 Å². The molecule has 4 nitrogen and oxygen atoms in total. The van der Waals surface area contributed by atoms with Gasteiger partial charge < -0.3 is 16.0 Å². The number of hydrogen-bond acceptors (Lipinski definition) is 3. The second-order valence-corrected chi connectivity index (χ2v) is 3.89. The number of hydrogen-bond donors (Lipinski definition) is 2. The molecule has 0 aliphatic heterocycles. The number of likely N-dealkylation sites (N-methyl/N-ethyl adjacent to an activating group) is 1. The molecule has 5 heteroatoms. The fourth-order valence-electron chi connectivity index (χ4n) is 1.56. The Balaban J connectivity index is 2.78. The second kappa shape index (κ2) is 6.20. The Kier molecular flexibility index (Phi) is 4.90. The molecule has 17 heavy (non-hydrogen) atoms. The zero-order valence-electron chi connectivity index (χ0n) is 10.2. The first kappa shape index (κ1) is 13.4. The number of nitrogens with two attached hydrogens (primary N) is 1.